The third-order valence-electron chi connectivity index (χ3n) is 4.71. The molecule has 0 N–H and O–H groups in total. The van der Waals surface area contributed by atoms with Gasteiger partial charge < -0.3 is 4.90 Å². The van der Waals surface area contributed by atoms with Crippen LogP contribution in [0.4, 0.5) is 22.0 Å². The van der Waals surface area contributed by atoms with Crippen LogP contribution < -0.4 is 0 Å². The van der Waals surface area contributed by atoms with Crippen LogP contribution in [0.25, 0.3) is 6.08 Å². The van der Waals surface area contributed by atoms with Crippen LogP contribution in [0, 0.1) is 11.6 Å². The number of rotatable bonds is 4. The lowest BCUT2D eigenvalue weighted by atomic mass is 10.1. The number of benzene rings is 2. The normalized spacial score (nSPS) is 16.1. The van der Waals surface area contributed by atoms with Gasteiger partial charge in [-0.25, -0.2) is 17.2 Å². The van der Waals surface area contributed by atoms with Crippen molar-refractivity contribution in [3.8, 4) is 0 Å². The number of piperazine rings is 1. The van der Waals surface area contributed by atoms with Crippen molar-refractivity contribution in [1.29, 1.82) is 0 Å². The number of hydrogen-bond acceptors (Lipinski definition) is 3. The van der Waals surface area contributed by atoms with Crippen molar-refractivity contribution >= 4 is 22.0 Å². The molecule has 0 aromatic heterocycles. The minimum Gasteiger partial charge on any atom is -0.337 e. The summed E-state index contributed by atoms with van der Waals surface area (Å²) >= 11 is 0. The summed E-state index contributed by atoms with van der Waals surface area (Å²) in [5, 5.41) is 0. The first-order valence-corrected chi connectivity index (χ1v) is 10.5. The highest BCUT2D eigenvalue weighted by atomic mass is 32.2. The first kappa shape index (κ1) is 22.9. The number of nitrogens with zero attached hydrogens (tertiary/aromatic N) is 2. The Labute approximate surface area is 175 Å². The fourth-order valence-electron chi connectivity index (χ4n) is 3.03. The standard InChI is InChI=1S/C20H17F5N2O3S/c21-17-6-5-16(13-18(17)22)31(29,30)27-10-8-26(9-11-27)19(28)7-4-14-2-1-3-15(12-14)20(23,24)25/h1-7,12-13H,8-11H2/b7-4+. The lowest BCUT2D eigenvalue weighted by Gasteiger charge is -2.33. The molecule has 1 aliphatic rings. The molecule has 1 aliphatic heterocycles. The predicted octanol–water partition coefficient (Wildman–Crippen LogP) is 3.53. The van der Waals surface area contributed by atoms with E-state index >= 15 is 0 Å². The molecule has 5 nitrogen and oxygen atoms in total. The second-order valence-corrected chi connectivity index (χ2v) is 8.70. The van der Waals surface area contributed by atoms with Crippen molar-refractivity contribution in [3.05, 3.63) is 71.3 Å². The second kappa shape index (κ2) is 8.75. The van der Waals surface area contributed by atoms with E-state index in [1.165, 1.54) is 23.1 Å². The minimum absolute atomic E-state index is 0.0364. The van der Waals surface area contributed by atoms with Gasteiger partial charge in [-0.05, 0) is 42.0 Å². The quantitative estimate of drug-likeness (QED) is 0.518. The first-order valence-electron chi connectivity index (χ1n) is 9.08. The minimum atomic E-state index is -4.50. The van der Waals surface area contributed by atoms with Crippen molar-refractivity contribution in [1.82, 2.24) is 9.21 Å². The largest absolute Gasteiger partial charge is 0.416 e. The predicted molar refractivity (Wildman–Crippen MR) is 102 cm³/mol. The van der Waals surface area contributed by atoms with Gasteiger partial charge in [-0.2, -0.15) is 17.5 Å². The summed E-state index contributed by atoms with van der Waals surface area (Å²) in [6.45, 7) is -0.0573. The molecule has 0 unspecified atom stereocenters. The zero-order valence-corrected chi connectivity index (χ0v) is 16.8. The summed E-state index contributed by atoms with van der Waals surface area (Å²) in [4.78, 5) is 13.3. The average Bonchev–Trinajstić information content (AvgIpc) is 2.73. The maximum absolute atomic E-state index is 13.4. The molecule has 2 aromatic carbocycles. The molecule has 2 aromatic rings. The van der Waals surface area contributed by atoms with Crippen molar-refractivity contribution in [3.63, 3.8) is 0 Å². The molecule has 0 atom stereocenters. The summed E-state index contributed by atoms with van der Waals surface area (Å²) in [7, 11) is -4.06. The van der Waals surface area contributed by atoms with Gasteiger partial charge in [0.15, 0.2) is 11.6 Å². The average molecular weight is 460 g/mol. The van der Waals surface area contributed by atoms with Gasteiger partial charge in [0.1, 0.15) is 0 Å². The van der Waals surface area contributed by atoms with E-state index in [4.69, 9.17) is 0 Å². The lowest BCUT2D eigenvalue weighted by molar-refractivity contribution is -0.137. The van der Waals surface area contributed by atoms with Gasteiger partial charge in [0.25, 0.3) is 0 Å². The molecule has 166 valence electrons. The van der Waals surface area contributed by atoms with Gasteiger partial charge in [0.05, 0.1) is 10.5 Å². The van der Waals surface area contributed by atoms with E-state index in [0.29, 0.717) is 6.07 Å². The highest BCUT2D eigenvalue weighted by molar-refractivity contribution is 7.89. The molecule has 11 heteroatoms. The van der Waals surface area contributed by atoms with Crippen LogP contribution >= 0.6 is 0 Å². The van der Waals surface area contributed by atoms with Crippen LogP contribution in [-0.2, 0) is 21.0 Å². The Morgan fingerprint density at radius 1 is 0.935 bits per heavy atom. The molecule has 1 amide bonds. The first-order chi connectivity index (χ1) is 14.5. The zero-order valence-electron chi connectivity index (χ0n) is 15.9. The molecule has 0 aliphatic carbocycles. The van der Waals surface area contributed by atoms with Crippen LogP contribution in [0.15, 0.2) is 53.4 Å². The number of amides is 1. The van der Waals surface area contributed by atoms with Gasteiger partial charge in [-0.3, -0.25) is 4.79 Å². The van der Waals surface area contributed by atoms with Crippen molar-refractivity contribution in [2.24, 2.45) is 0 Å². The second-order valence-electron chi connectivity index (χ2n) is 6.76. The van der Waals surface area contributed by atoms with Crippen LogP contribution in [0.3, 0.4) is 0 Å². The Kier molecular flexibility index (Phi) is 6.46. The van der Waals surface area contributed by atoms with E-state index in [1.54, 1.807) is 0 Å². The number of halogens is 5. The Hall–Kier alpha value is -2.79. The van der Waals surface area contributed by atoms with Gasteiger partial charge in [0.2, 0.25) is 15.9 Å². The van der Waals surface area contributed by atoms with Gasteiger partial charge in [-0.15, -0.1) is 0 Å². The van der Waals surface area contributed by atoms with Crippen LogP contribution in [0.2, 0.25) is 0 Å². The summed E-state index contributed by atoms with van der Waals surface area (Å²) in [5.41, 5.74) is -0.638. The topological polar surface area (TPSA) is 57.7 Å². The highest BCUT2D eigenvalue weighted by Gasteiger charge is 2.31. The van der Waals surface area contributed by atoms with E-state index in [9.17, 15) is 35.2 Å². The lowest BCUT2D eigenvalue weighted by Crippen LogP contribution is -2.50. The van der Waals surface area contributed by atoms with Crippen LogP contribution in [-0.4, -0.2) is 49.7 Å². The van der Waals surface area contributed by atoms with E-state index in [1.807, 2.05) is 0 Å². The molecule has 0 bridgehead atoms. The summed E-state index contributed by atoms with van der Waals surface area (Å²) in [5.74, 6) is -2.93. The van der Waals surface area contributed by atoms with Gasteiger partial charge in [-0.1, -0.05) is 12.1 Å². The number of hydrogen-bond donors (Lipinski definition) is 0. The SMILES string of the molecule is O=C(/C=C/c1cccc(C(F)(F)F)c1)N1CCN(S(=O)(=O)c2ccc(F)c(F)c2)CC1. The van der Waals surface area contributed by atoms with E-state index in [0.717, 1.165) is 34.6 Å². The highest BCUT2D eigenvalue weighted by Crippen LogP contribution is 2.29. The Balaban J connectivity index is 1.63. The fraction of sp³-hybridized carbons (Fsp3) is 0.250. The smallest absolute Gasteiger partial charge is 0.337 e. The van der Waals surface area contributed by atoms with Crippen LogP contribution in [0.1, 0.15) is 11.1 Å². The monoisotopic (exact) mass is 460 g/mol. The van der Waals surface area contributed by atoms with E-state index in [-0.39, 0.29) is 31.7 Å². The Morgan fingerprint density at radius 2 is 1.61 bits per heavy atom. The molecular weight excluding hydrogens is 443 g/mol. The maximum Gasteiger partial charge on any atom is 0.416 e. The third-order valence-corrected chi connectivity index (χ3v) is 6.61. The van der Waals surface area contributed by atoms with Crippen molar-refractivity contribution in [2.45, 2.75) is 11.1 Å². The van der Waals surface area contributed by atoms with Gasteiger partial charge in [0, 0.05) is 32.3 Å². The molecule has 1 heterocycles. The summed E-state index contributed by atoms with van der Waals surface area (Å²) in [6.07, 6.45) is -2.12. The molecule has 0 spiro atoms. The molecule has 1 saturated heterocycles. The molecule has 0 radical (unpaired) electrons. The Bertz CT molecular complexity index is 1110. The van der Waals surface area contributed by atoms with E-state index in [2.05, 4.69) is 0 Å². The zero-order chi connectivity index (χ0) is 22.8. The number of carbonyl (C=O) groups is 1. The van der Waals surface area contributed by atoms with Gasteiger partial charge >= 0.3 is 6.18 Å². The fourth-order valence-corrected chi connectivity index (χ4v) is 4.46. The maximum atomic E-state index is 13.4. The molecule has 31 heavy (non-hydrogen) atoms. The number of alkyl halides is 3. The van der Waals surface area contributed by atoms with Crippen molar-refractivity contribution in [2.75, 3.05) is 26.2 Å². The number of carbonyl (C=O) groups excluding carboxylic acids is 1. The molecule has 0 saturated carbocycles. The summed E-state index contributed by atoms with van der Waals surface area (Å²) in [6, 6.07) is 6.77. The summed E-state index contributed by atoms with van der Waals surface area (Å²) < 4.78 is 90.9. The Morgan fingerprint density at radius 3 is 2.23 bits per heavy atom. The molecule has 3 rings (SSSR count). The third kappa shape index (κ3) is 5.28. The van der Waals surface area contributed by atoms with Crippen LogP contribution in [0.5, 0.6) is 0 Å². The number of sulfonamides is 1. The van der Waals surface area contributed by atoms with E-state index < -0.39 is 44.2 Å². The van der Waals surface area contributed by atoms with Crippen molar-refractivity contribution < 1.29 is 35.2 Å². The molecular formula is C20H17F5N2O3S. The molecule has 1 fully saturated rings.